The van der Waals surface area contributed by atoms with E-state index in [9.17, 15) is 36.2 Å². The van der Waals surface area contributed by atoms with Crippen molar-refractivity contribution < 1.29 is 55.1 Å². The van der Waals surface area contributed by atoms with E-state index in [-0.39, 0.29) is 71.2 Å². The van der Waals surface area contributed by atoms with Gasteiger partial charge in [-0.15, -0.1) is 0 Å². The van der Waals surface area contributed by atoms with E-state index in [0.717, 1.165) is 37.8 Å². The van der Waals surface area contributed by atoms with Crippen LogP contribution in [-0.2, 0) is 35.0 Å². The Bertz CT molecular complexity index is 2060. The minimum Gasteiger partial charge on any atom is -0.489 e. The molecule has 0 saturated heterocycles. The lowest BCUT2D eigenvalue weighted by atomic mass is 9.85. The third kappa shape index (κ3) is 14.9. The number of aromatic nitrogens is 1. The van der Waals surface area contributed by atoms with E-state index in [0.29, 0.717) is 77.0 Å². The van der Waals surface area contributed by atoms with Gasteiger partial charge in [0.1, 0.15) is 11.4 Å². The standard InChI is InChI=1S/C42H54F4N6O8S/c1-61(48,56)34-6-2-5-31(25-34)52-40(55)35-23-28(42(44,45)46)26-50-41(35)60-36-17-10-29(43)24-37(36)59-21-4-19-49-39(54)27-8-11-30(12-9-27)51-38(53)7-3-20-57-32-13-15-33(16-14-32)58-22-18-47/h2,5-6,10,17,23-27,30,32-33,48H,3-4,7-9,11-16,18-22,47H2,1H3,(H,49,54)(H,51,53)(H,52,55)/t27?,30?,32?,33?,61-/m1/s1. The quantitative estimate of drug-likeness (QED) is 0.0583. The van der Waals surface area contributed by atoms with Crippen LogP contribution in [0, 0.1) is 16.5 Å². The molecule has 2 aliphatic carbocycles. The van der Waals surface area contributed by atoms with Gasteiger partial charge in [0.25, 0.3) is 5.91 Å². The second kappa shape index (κ2) is 22.3. The molecule has 2 saturated carbocycles. The molecule has 2 aliphatic rings. The van der Waals surface area contributed by atoms with Crippen molar-refractivity contribution in [2.24, 2.45) is 11.7 Å². The Labute approximate surface area is 353 Å². The molecule has 61 heavy (non-hydrogen) atoms. The lowest BCUT2D eigenvalue weighted by molar-refractivity contribution is -0.138. The first kappa shape index (κ1) is 47.2. The van der Waals surface area contributed by atoms with Crippen molar-refractivity contribution in [3.63, 3.8) is 0 Å². The fraction of sp³-hybridized carbons (Fsp3) is 0.524. The van der Waals surface area contributed by atoms with Crippen molar-refractivity contribution in [2.45, 2.75) is 100.0 Å². The number of hydrogen-bond acceptors (Lipinski definition) is 11. The zero-order valence-electron chi connectivity index (χ0n) is 34.0. The van der Waals surface area contributed by atoms with Gasteiger partial charge in [0, 0.05) is 67.2 Å². The molecule has 1 atom stereocenters. The summed E-state index contributed by atoms with van der Waals surface area (Å²) in [6.07, 6.45) is 4.98. The lowest BCUT2D eigenvalue weighted by Crippen LogP contribution is -2.41. The first-order valence-corrected chi connectivity index (χ1v) is 22.4. The van der Waals surface area contributed by atoms with E-state index in [1.54, 1.807) is 0 Å². The van der Waals surface area contributed by atoms with Gasteiger partial charge in [-0.1, -0.05) is 6.07 Å². The molecule has 0 unspecified atom stereocenters. The number of benzene rings is 2. The topological polar surface area (TPSA) is 204 Å². The van der Waals surface area contributed by atoms with Crippen molar-refractivity contribution >= 4 is 33.1 Å². The molecule has 0 bridgehead atoms. The zero-order chi connectivity index (χ0) is 44.0. The average molecular weight is 879 g/mol. The summed E-state index contributed by atoms with van der Waals surface area (Å²) in [5, 5.41) is 8.40. The van der Waals surface area contributed by atoms with Crippen LogP contribution in [0.15, 0.2) is 59.6 Å². The Hall–Kier alpha value is -4.85. The zero-order valence-corrected chi connectivity index (χ0v) is 34.8. The maximum Gasteiger partial charge on any atom is 0.417 e. The van der Waals surface area contributed by atoms with Crippen molar-refractivity contribution in [3.05, 3.63) is 71.7 Å². The van der Waals surface area contributed by atoms with Gasteiger partial charge in [0.2, 0.25) is 17.7 Å². The number of nitrogens with two attached hydrogens (primary N) is 1. The summed E-state index contributed by atoms with van der Waals surface area (Å²) < 4.78 is 98.5. The van der Waals surface area contributed by atoms with Crippen LogP contribution in [0.25, 0.3) is 0 Å². The third-order valence-electron chi connectivity index (χ3n) is 10.4. The summed E-state index contributed by atoms with van der Waals surface area (Å²) in [5.74, 6) is -2.91. The van der Waals surface area contributed by atoms with Crippen LogP contribution in [0.5, 0.6) is 17.4 Å². The summed E-state index contributed by atoms with van der Waals surface area (Å²) in [5.41, 5.74) is 3.73. The molecule has 0 spiro atoms. The van der Waals surface area contributed by atoms with E-state index in [4.69, 9.17) is 29.5 Å². The summed E-state index contributed by atoms with van der Waals surface area (Å²) in [6, 6.07) is 9.29. The highest BCUT2D eigenvalue weighted by atomic mass is 32.2. The molecule has 1 aromatic heterocycles. The van der Waals surface area contributed by atoms with Gasteiger partial charge in [-0.25, -0.2) is 18.4 Å². The summed E-state index contributed by atoms with van der Waals surface area (Å²) in [6.45, 7) is 1.86. The van der Waals surface area contributed by atoms with Crippen LogP contribution >= 0.6 is 0 Å². The predicted octanol–water partition coefficient (Wildman–Crippen LogP) is 6.96. The van der Waals surface area contributed by atoms with Crippen molar-refractivity contribution in [2.75, 3.05) is 44.5 Å². The number of carbonyl (C=O) groups is 3. The minimum absolute atomic E-state index is 0.00376. The fourth-order valence-electron chi connectivity index (χ4n) is 7.14. The molecule has 19 heteroatoms. The van der Waals surface area contributed by atoms with Crippen LogP contribution in [0.4, 0.5) is 23.2 Å². The SMILES string of the molecule is C[S@@](=N)(=O)c1cccc(NC(=O)c2cc(C(F)(F)F)cnc2Oc2ccc(F)cc2OCCCNC(=O)C2CCC(NC(=O)CCCOC3CCC(OCCN)CC3)CC2)c1. The van der Waals surface area contributed by atoms with Gasteiger partial charge in [-0.2, -0.15) is 13.2 Å². The fourth-order valence-corrected chi connectivity index (χ4v) is 7.83. The average Bonchev–Trinajstić information content (AvgIpc) is 3.22. The van der Waals surface area contributed by atoms with Crippen LogP contribution in [0.2, 0.25) is 0 Å². The van der Waals surface area contributed by atoms with Gasteiger partial charge in [-0.05, 0) is 101 Å². The molecule has 14 nitrogen and oxygen atoms in total. The van der Waals surface area contributed by atoms with Gasteiger partial charge in [-0.3, -0.25) is 14.4 Å². The highest BCUT2D eigenvalue weighted by molar-refractivity contribution is 7.91. The molecular weight excluding hydrogens is 825 g/mol. The number of anilines is 1. The Balaban J connectivity index is 1.04. The maximum absolute atomic E-state index is 14.3. The summed E-state index contributed by atoms with van der Waals surface area (Å²) in [7, 11) is -3.16. The molecule has 2 fully saturated rings. The van der Waals surface area contributed by atoms with Gasteiger partial charge in [0.05, 0.1) is 40.7 Å². The molecule has 0 radical (unpaired) electrons. The molecule has 3 aromatic rings. The normalized spacial score (nSPS) is 20.2. The maximum atomic E-state index is 14.3. The number of nitrogens with one attached hydrogen (secondary N) is 4. The number of rotatable bonds is 20. The van der Waals surface area contributed by atoms with E-state index < -0.39 is 44.6 Å². The molecular formula is C42H54F4N6O8S. The number of halogens is 4. The van der Waals surface area contributed by atoms with Crippen molar-refractivity contribution in [3.8, 4) is 17.4 Å². The summed E-state index contributed by atoms with van der Waals surface area (Å²) >= 11 is 0. The Kier molecular flexibility index (Phi) is 17.3. The lowest BCUT2D eigenvalue weighted by Gasteiger charge is -2.29. The second-order valence-corrected chi connectivity index (χ2v) is 17.4. The van der Waals surface area contributed by atoms with Crippen LogP contribution < -0.4 is 31.2 Å². The van der Waals surface area contributed by atoms with Crippen LogP contribution in [0.3, 0.4) is 0 Å². The smallest absolute Gasteiger partial charge is 0.417 e. The number of ether oxygens (including phenoxy) is 4. The largest absolute Gasteiger partial charge is 0.489 e. The number of alkyl halides is 3. The van der Waals surface area contributed by atoms with Crippen LogP contribution in [0.1, 0.15) is 86.6 Å². The van der Waals surface area contributed by atoms with Gasteiger partial charge < -0.3 is 40.6 Å². The third-order valence-corrected chi connectivity index (χ3v) is 11.6. The highest BCUT2D eigenvalue weighted by Gasteiger charge is 2.33. The minimum atomic E-state index is -4.85. The number of amides is 3. The molecule has 334 valence electrons. The molecule has 6 N–H and O–H groups in total. The molecule has 1 heterocycles. The first-order valence-electron chi connectivity index (χ1n) is 20.4. The number of pyridine rings is 1. The van der Waals surface area contributed by atoms with E-state index in [2.05, 4.69) is 20.9 Å². The van der Waals surface area contributed by atoms with E-state index in [1.165, 1.54) is 36.6 Å². The van der Waals surface area contributed by atoms with Crippen molar-refractivity contribution in [1.29, 1.82) is 4.78 Å². The Morgan fingerprint density at radius 3 is 2.28 bits per heavy atom. The van der Waals surface area contributed by atoms with E-state index >= 15 is 0 Å². The number of carbonyl (C=O) groups excluding carboxylic acids is 3. The van der Waals surface area contributed by atoms with Crippen molar-refractivity contribution in [1.82, 2.24) is 15.6 Å². The predicted molar refractivity (Wildman–Crippen MR) is 218 cm³/mol. The second-order valence-electron chi connectivity index (χ2n) is 15.2. The monoisotopic (exact) mass is 878 g/mol. The van der Waals surface area contributed by atoms with Gasteiger partial charge >= 0.3 is 6.18 Å². The highest BCUT2D eigenvalue weighted by Crippen LogP contribution is 2.36. The molecule has 5 rings (SSSR count). The van der Waals surface area contributed by atoms with Crippen LogP contribution in [-0.4, -0.2) is 84.3 Å². The molecule has 0 aliphatic heterocycles. The Morgan fingerprint density at radius 1 is 0.902 bits per heavy atom. The van der Waals surface area contributed by atoms with Gasteiger partial charge in [0.15, 0.2) is 11.5 Å². The van der Waals surface area contributed by atoms with E-state index in [1.807, 2.05) is 0 Å². The molecule has 2 aromatic carbocycles. The number of hydrogen-bond donors (Lipinski definition) is 5. The number of nitrogens with zero attached hydrogens (tertiary/aromatic N) is 1. The molecule has 3 amide bonds. The summed E-state index contributed by atoms with van der Waals surface area (Å²) in [4.78, 5) is 42.6. The first-order chi connectivity index (χ1) is 29.1. The Morgan fingerprint density at radius 2 is 1.61 bits per heavy atom.